The third-order valence-corrected chi connectivity index (χ3v) is 12.9. The second kappa shape index (κ2) is 19.8. The fraction of sp³-hybridized carbons (Fsp3) is 0.239. The first-order valence-electron chi connectivity index (χ1n) is 18.9. The molecule has 0 aliphatic heterocycles. The van der Waals surface area contributed by atoms with Crippen molar-refractivity contribution in [1.29, 1.82) is 0 Å². The summed E-state index contributed by atoms with van der Waals surface area (Å²) in [4.78, 5) is 66.5. The summed E-state index contributed by atoms with van der Waals surface area (Å²) in [5.41, 5.74) is 5.38. The van der Waals surface area contributed by atoms with Crippen LogP contribution in [0.5, 0.6) is 0 Å². The number of hydrogen-bond acceptors (Lipinski definition) is 10. The van der Waals surface area contributed by atoms with Gasteiger partial charge in [-0.1, -0.05) is 140 Å². The molecule has 6 rings (SSSR count). The molecule has 298 valence electrons. The number of rotatable bonds is 19. The Bertz CT molecular complexity index is 2220. The van der Waals surface area contributed by atoms with Crippen molar-refractivity contribution in [3.8, 4) is 11.1 Å². The lowest BCUT2D eigenvalue weighted by atomic mass is 9.98. The van der Waals surface area contributed by atoms with Gasteiger partial charge in [-0.05, 0) is 40.7 Å². The Morgan fingerprint density at radius 3 is 1.74 bits per heavy atom. The van der Waals surface area contributed by atoms with Crippen molar-refractivity contribution >= 4 is 37.0 Å². The molecule has 0 saturated carbocycles. The number of alkyl carbamates (subject to hydrolysis) is 1. The van der Waals surface area contributed by atoms with Crippen LogP contribution >= 0.6 is 7.37 Å². The van der Waals surface area contributed by atoms with E-state index in [2.05, 4.69) is 5.32 Å². The zero-order valence-electron chi connectivity index (χ0n) is 32.0. The van der Waals surface area contributed by atoms with Crippen molar-refractivity contribution in [2.24, 2.45) is 5.92 Å². The number of Topliss-reactive ketones (excluding diaryl/α,β-unsaturated/α-hetero) is 2. The number of esters is 2. The van der Waals surface area contributed by atoms with Gasteiger partial charge >= 0.3 is 18.0 Å². The minimum atomic E-state index is -4.36. The first kappa shape index (κ1) is 41.5. The van der Waals surface area contributed by atoms with Gasteiger partial charge in [0.25, 0.3) is 0 Å². The Morgan fingerprint density at radius 1 is 0.655 bits per heavy atom. The molecule has 3 atom stereocenters. The van der Waals surface area contributed by atoms with E-state index in [0.29, 0.717) is 16.7 Å². The summed E-state index contributed by atoms with van der Waals surface area (Å²) in [6.07, 6.45) is -1.96. The minimum Gasteiger partial charge on any atom is -0.469 e. The van der Waals surface area contributed by atoms with E-state index in [1.54, 1.807) is 91.0 Å². The minimum absolute atomic E-state index is 0.0217. The van der Waals surface area contributed by atoms with E-state index in [1.807, 2.05) is 48.5 Å². The normalized spacial score (nSPS) is 13.8. The molecule has 58 heavy (non-hydrogen) atoms. The maximum absolute atomic E-state index is 15.5. The number of benzene rings is 5. The van der Waals surface area contributed by atoms with E-state index in [-0.39, 0.29) is 31.8 Å². The van der Waals surface area contributed by atoms with Gasteiger partial charge in [0.2, 0.25) is 7.37 Å². The largest absolute Gasteiger partial charge is 0.469 e. The van der Waals surface area contributed by atoms with Crippen LogP contribution in [-0.2, 0) is 39.3 Å². The number of carbonyl (C=O) groups excluding carboxylic acids is 5. The van der Waals surface area contributed by atoms with Gasteiger partial charge in [-0.3, -0.25) is 23.7 Å². The summed E-state index contributed by atoms with van der Waals surface area (Å²) in [5.74, 6) is -5.28. The summed E-state index contributed by atoms with van der Waals surface area (Å²) in [5, 5.41) is 2.68. The monoisotopic (exact) mass is 801 g/mol. The topological polar surface area (TPSA) is 151 Å². The molecule has 0 aromatic heterocycles. The Morgan fingerprint density at radius 2 is 1.17 bits per heavy atom. The van der Waals surface area contributed by atoms with Crippen LogP contribution in [0.3, 0.4) is 0 Å². The molecule has 0 fully saturated rings. The number of ether oxygens (including phenoxy) is 3. The number of methoxy groups -OCH3 is 1. The molecule has 3 unspecified atom stereocenters. The van der Waals surface area contributed by atoms with Gasteiger partial charge in [-0.25, -0.2) is 4.79 Å². The SMILES string of the molecule is COC(=O)CCC(NC(=O)OCC1c2ccccc2-c2ccccc21)P(=O)(CC(Cc1ccccc1)C(=O)OCC(=O)c1ccccc1)OCC(=O)c1ccccc1. The van der Waals surface area contributed by atoms with E-state index in [1.165, 1.54) is 7.11 Å². The van der Waals surface area contributed by atoms with Gasteiger partial charge in [0.15, 0.2) is 18.2 Å². The molecule has 0 radical (unpaired) electrons. The number of amides is 1. The van der Waals surface area contributed by atoms with Crippen molar-refractivity contribution in [2.45, 2.75) is 31.0 Å². The van der Waals surface area contributed by atoms with Crippen LogP contribution < -0.4 is 5.32 Å². The lowest BCUT2D eigenvalue weighted by Gasteiger charge is -2.30. The molecule has 1 aliphatic carbocycles. The molecule has 1 N–H and O–H groups in total. The van der Waals surface area contributed by atoms with Gasteiger partial charge in [0.1, 0.15) is 19.0 Å². The van der Waals surface area contributed by atoms with Crippen molar-refractivity contribution in [3.63, 3.8) is 0 Å². The fourth-order valence-corrected chi connectivity index (χ4v) is 9.63. The van der Waals surface area contributed by atoms with E-state index in [4.69, 9.17) is 18.7 Å². The average molecular weight is 802 g/mol. The number of hydrogen-bond donors (Lipinski definition) is 1. The summed E-state index contributed by atoms with van der Waals surface area (Å²) in [7, 11) is -3.16. The first-order chi connectivity index (χ1) is 28.1. The Kier molecular flexibility index (Phi) is 14.2. The molecule has 1 amide bonds. The van der Waals surface area contributed by atoms with Crippen molar-refractivity contribution in [1.82, 2.24) is 5.32 Å². The van der Waals surface area contributed by atoms with E-state index in [9.17, 15) is 24.0 Å². The molecular weight excluding hydrogens is 757 g/mol. The van der Waals surface area contributed by atoms with Crippen molar-refractivity contribution in [3.05, 3.63) is 167 Å². The predicted molar refractivity (Wildman–Crippen MR) is 218 cm³/mol. The van der Waals surface area contributed by atoms with Gasteiger partial charge in [0.05, 0.1) is 13.0 Å². The van der Waals surface area contributed by atoms with Gasteiger partial charge < -0.3 is 24.1 Å². The number of fused-ring (bicyclic) bond motifs is 3. The highest BCUT2D eigenvalue weighted by atomic mass is 31.2. The third-order valence-electron chi connectivity index (χ3n) is 10.0. The summed E-state index contributed by atoms with van der Waals surface area (Å²) in [6.45, 7) is -1.29. The molecule has 1 aliphatic rings. The van der Waals surface area contributed by atoms with Gasteiger partial charge in [0, 0.05) is 29.6 Å². The third kappa shape index (κ3) is 10.6. The van der Waals surface area contributed by atoms with Crippen LogP contribution in [0.15, 0.2) is 140 Å². The van der Waals surface area contributed by atoms with Crippen LogP contribution in [-0.4, -0.2) is 68.5 Å². The standard InChI is InChI=1S/C46H44NO10P/c1-54-44(50)26-25-43(47-46(52)56-28-40-38-23-13-11-21-36(38)37-22-12-14-24-39(37)40)58(53,57-30-42(49)34-19-9-4-10-20-34)31-35(27-32-15-5-2-6-16-32)45(51)55-29-41(48)33-17-7-3-8-18-33/h2-24,35,40,43H,25-31H2,1H3,(H,47,52). The van der Waals surface area contributed by atoms with Crippen LogP contribution in [0.1, 0.15) is 56.2 Å². The Balaban J connectivity index is 1.28. The molecule has 11 nitrogen and oxygen atoms in total. The highest BCUT2D eigenvalue weighted by Crippen LogP contribution is 2.54. The lowest BCUT2D eigenvalue weighted by Crippen LogP contribution is -2.39. The molecule has 12 heteroatoms. The number of ketones is 2. The average Bonchev–Trinajstić information content (AvgIpc) is 3.59. The van der Waals surface area contributed by atoms with Crippen LogP contribution in [0.4, 0.5) is 4.79 Å². The smallest absolute Gasteiger partial charge is 0.407 e. The van der Waals surface area contributed by atoms with Crippen LogP contribution in [0.2, 0.25) is 0 Å². The Hall–Kier alpha value is -6.16. The first-order valence-corrected chi connectivity index (χ1v) is 20.8. The lowest BCUT2D eigenvalue weighted by molar-refractivity contribution is -0.146. The maximum atomic E-state index is 15.5. The highest BCUT2D eigenvalue weighted by molar-refractivity contribution is 7.59. The van der Waals surface area contributed by atoms with Gasteiger partial charge in [-0.15, -0.1) is 0 Å². The second-order valence-electron chi connectivity index (χ2n) is 13.9. The molecule has 5 aromatic carbocycles. The number of nitrogens with one attached hydrogen (secondary N) is 1. The molecule has 0 bridgehead atoms. The Labute approximate surface area is 337 Å². The van der Waals surface area contributed by atoms with Crippen LogP contribution in [0, 0.1) is 5.92 Å². The highest BCUT2D eigenvalue weighted by Gasteiger charge is 2.42. The molecule has 0 spiro atoms. The summed E-state index contributed by atoms with van der Waals surface area (Å²) in [6, 6.07) is 41.2. The van der Waals surface area contributed by atoms with Gasteiger partial charge in [-0.2, -0.15) is 0 Å². The second-order valence-corrected chi connectivity index (χ2v) is 16.6. The quantitative estimate of drug-likeness (QED) is 0.0374. The fourth-order valence-electron chi connectivity index (χ4n) is 7.04. The molecule has 5 aromatic rings. The maximum Gasteiger partial charge on any atom is 0.407 e. The zero-order valence-corrected chi connectivity index (χ0v) is 32.9. The summed E-state index contributed by atoms with van der Waals surface area (Å²) < 4.78 is 37.8. The van der Waals surface area contributed by atoms with E-state index >= 15 is 4.57 Å². The number of carbonyl (C=O) groups is 5. The van der Waals surface area contributed by atoms with Crippen molar-refractivity contribution < 1.29 is 47.3 Å². The van der Waals surface area contributed by atoms with Crippen LogP contribution in [0.25, 0.3) is 11.1 Å². The zero-order chi connectivity index (χ0) is 40.9. The summed E-state index contributed by atoms with van der Waals surface area (Å²) >= 11 is 0. The van der Waals surface area contributed by atoms with E-state index in [0.717, 1.165) is 22.3 Å². The molecule has 0 heterocycles. The predicted octanol–water partition coefficient (Wildman–Crippen LogP) is 8.27. The van der Waals surface area contributed by atoms with Crippen molar-refractivity contribution in [2.75, 3.05) is 33.1 Å². The van der Waals surface area contributed by atoms with E-state index < -0.39 is 68.0 Å². The molecule has 0 saturated heterocycles. The molecular formula is C46H44NO10P.